The quantitative estimate of drug-likeness (QED) is 0.288. The van der Waals surface area contributed by atoms with E-state index in [4.69, 9.17) is 35.3 Å². The van der Waals surface area contributed by atoms with Crippen LogP contribution >= 0.6 is 11.6 Å². The third kappa shape index (κ3) is 8.15. The first-order chi connectivity index (χ1) is 18.6. The van der Waals surface area contributed by atoms with Gasteiger partial charge in [0.1, 0.15) is 12.6 Å². The summed E-state index contributed by atoms with van der Waals surface area (Å²) in [6.45, 7) is 5.52. The van der Waals surface area contributed by atoms with Gasteiger partial charge in [-0.3, -0.25) is 38.6 Å². The molecule has 0 bridgehead atoms. The number of nitrogens with zero attached hydrogens (tertiary/aromatic N) is 2. The monoisotopic (exact) mass is 584 g/mol. The van der Waals surface area contributed by atoms with Crippen LogP contribution < -0.4 is 4.90 Å². The summed E-state index contributed by atoms with van der Waals surface area (Å²) in [4.78, 5) is 88.3. The van der Waals surface area contributed by atoms with Gasteiger partial charge in [-0.25, -0.2) is 4.79 Å². The Balaban J connectivity index is 2.81. The number of benzene rings is 1. The van der Waals surface area contributed by atoms with Gasteiger partial charge in [-0.15, -0.1) is 0 Å². The molecule has 40 heavy (non-hydrogen) atoms. The smallest absolute Gasteiger partial charge is 0.334 e. The van der Waals surface area contributed by atoms with Crippen molar-refractivity contribution in [2.75, 3.05) is 11.5 Å². The van der Waals surface area contributed by atoms with E-state index in [-0.39, 0.29) is 5.69 Å². The summed E-state index contributed by atoms with van der Waals surface area (Å²) in [6.07, 6.45) is -6.77. The fraction of sp³-hybridized carbons (Fsp3) is 0.480. The maximum absolute atomic E-state index is 13.6. The number of carbonyl (C=O) groups is 7. The summed E-state index contributed by atoms with van der Waals surface area (Å²) in [5, 5.41) is 0.321. The van der Waals surface area contributed by atoms with Crippen molar-refractivity contribution in [1.29, 1.82) is 0 Å². The van der Waals surface area contributed by atoms with Crippen LogP contribution in [0, 0.1) is 0 Å². The van der Waals surface area contributed by atoms with Gasteiger partial charge in [-0.1, -0.05) is 11.6 Å². The average Bonchev–Trinajstić information content (AvgIpc) is 3.10. The minimum atomic E-state index is -1.80. The highest BCUT2D eigenvalue weighted by Gasteiger charge is 2.58. The largest absolute Gasteiger partial charge is 0.462 e. The van der Waals surface area contributed by atoms with E-state index in [1.54, 1.807) is 0 Å². The highest BCUT2D eigenvalue weighted by Crippen LogP contribution is 2.36. The first-order valence-electron chi connectivity index (χ1n) is 11.8. The van der Waals surface area contributed by atoms with E-state index in [9.17, 15) is 33.6 Å². The van der Waals surface area contributed by atoms with Gasteiger partial charge in [-0.2, -0.15) is 0 Å². The highest BCUT2D eigenvalue weighted by molar-refractivity contribution is 6.30. The third-order valence-electron chi connectivity index (χ3n) is 5.39. The van der Waals surface area contributed by atoms with Gasteiger partial charge >= 0.3 is 35.9 Å². The molecule has 218 valence electrons. The molecule has 0 aliphatic carbocycles. The molecule has 1 aliphatic rings. The second-order valence-corrected chi connectivity index (χ2v) is 9.04. The molecular weight excluding hydrogens is 556 g/mol. The van der Waals surface area contributed by atoms with Crippen LogP contribution in [0.2, 0.25) is 5.02 Å². The number of imide groups is 1. The van der Waals surface area contributed by atoms with Crippen molar-refractivity contribution in [3.8, 4) is 0 Å². The summed E-state index contributed by atoms with van der Waals surface area (Å²) in [7, 11) is 0. The van der Waals surface area contributed by atoms with Crippen molar-refractivity contribution in [2.24, 2.45) is 0 Å². The Morgan fingerprint density at radius 3 is 1.80 bits per heavy atom. The Morgan fingerprint density at radius 2 is 1.35 bits per heavy atom. The van der Waals surface area contributed by atoms with E-state index < -0.39 is 79.0 Å². The molecule has 1 aromatic rings. The molecule has 0 saturated carbocycles. The van der Waals surface area contributed by atoms with Crippen molar-refractivity contribution >= 4 is 59.1 Å². The molecule has 0 radical (unpaired) electrons. The summed E-state index contributed by atoms with van der Waals surface area (Å²) in [6, 6.07) is 3.11. The van der Waals surface area contributed by atoms with E-state index in [2.05, 4.69) is 0 Å². The number of ether oxygens (including phenoxy) is 5. The Bertz CT molecular complexity index is 1170. The zero-order chi connectivity index (χ0) is 30.3. The number of hydrogen-bond donors (Lipinski definition) is 0. The number of esters is 5. The molecule has 0 N–H and O–H groups in total. The van der Waals surface area contributed by atoms with Gasteiger partial charge in [0.25, 0.3) is 0 Å². The van der Waals surface area contributed by atoms with Crippen LogP contribution in [-0.2, 0) is 52.5 Å². The van der Waals surface area contributed by atoms with Crippen LogP contribution in [0.5, 0.6) is 0 Å². The second kappa shape index (κ2) is 13.7. The van der Waals surface area contributed by atoms with E-state index in [0.29, 0.717) is 9.92 Å². The van der Waals surface area contributed by atoms with E-state index in [1.807, 2.05) is 0 Å². The number of urea groups is 1. The Labute approximate surface area is 234 Å². The van der Waals surface area contributed by atoms with Gasteiger partial charge in [-0.05, 0) is 24.3 Å². The van der Waals surface area contributed by atoms with Crippen LogP contribution in [0.4, 0.5) is 10.5 Å². The van der Waals surface area contributed by atoms with Crippen LogP contribution in [0.25, 0.3) is 0 Å². The maximum atomic E-state index is 13.6. The van der Waals surface area contributed by atoms with Crippen LogP contribution in [-0.4, -0.2) is 83.9 Å². The predicted molar refractivity (Wildman–Crippen MR) is 134 cm³/mol. The van der Waals surface area contributed by atoms with Crippen molar-refractivity contribution in [2.45, 2.75) is 72.1 Å². The minimum Gasteiger partial charge on any atom is -0.462 e. The fourth-order valence-corrected chi connectivity index (χ4v) is 4.24. The van der Waals surface area contributed by atoms with Crippen molar-refractivity contribution in [3.63, 3.8) is 0 Å². The third-order valence-corrected chi connectivity index (χ3v) is 5.64. The minimum absolute atomic E-state index is 0.150. The van der Waals surface area contributed by atoms with E-state index in [0.717, 1.165) is 46.4 Å². The molecule has 5 atom stereocenters. The summed E-state index contributed by atoms with van der Waals surface area (Å²) in [5.74, 6) is -5.31. The molecule has 1 fully saturated rings. The number of halogens is 1. The molecular formula is C25H29ClN2O12. The molecule has 1 heterocycles. The lowest BCUT2D eigenvalue weighted by molar-refractivity contribution is -0.197. The molecule has 2 rings (SSSR count). The molecule has 0 aromatic heterocycles. The number of amides is 3. The molecule has 14 nitrogen and oxygen atoms in total. The number of carbonyl (C=O) groups excluding carboxylic acids is 7. The molecule has 0 spiro atoms. The normalized spacial score (nSPS) is 18.7. The SMILES string of the molecule is CC(=O)OC[C@@H](OC(C)=O)[C@@H](OC(C)=O)[C@H](OC(C)=O)[C@H]1[C@H](OC(C)=O)N(c2ccc(Cl)cc2)C(=O)N1C(C)=O. The van der Waals surface area contributed by atoms with Crippen LogP contribution in [0.3, 0.4) is 0 Å². The predicted octanol–water partition coefficient (Wildman–Crippen LogP) is 1.74. The lowest BCUT2D eigenvalue weighted by Crippen LogP contribution is -2.59. The number of rotatable bonds is 10. The Kier molecular flexibility index (Phi) is 11.0. The van der Waals surface area contributed by atoms with Crippen molar-refractivity contribution < 1.29 is 57.2 Å². The van der Waals surface area contributed by atoms with Crippen LogP contribution in [0.1, 0.15) is 41.5 Å². The first-order valence-corrected chi connectivity index (χ1v) is 12.2. The van der Waals surface area contributed by atoms with Gasteiger partial charge in [0.05, 0.1) is 0 Å². The second-order valence-electron chi connectivity index (χ2n) is 8.61. The molecule has 1 aromatic carbocycles. The van der Waals surface area contributed by atoms with Crippen molar-refractivity contribution in [1.82, 2.24) is 4.90 Å². The fourth-order valence-electron chi connectivity index (χ4n) is 4.12. The Hall–Kier alpha value is -4.20. The van der Waals surface area contributed by atoms with Crippen molar-refractivity contribution in [3.05, 3.63) is 29.3 Å². The standard InChI is InChI=1S/C25H29ClN2O12/c1-12(29)27-21(24(40-17(6)34)28(25(27)35)19-9-7-18(26)8-10-19)23(39-16(5)33)22(38-15(4)32)20(37-14(3)31)11-36-13(2)30/h7-10,20-24H,11H2,1-6H3/t20-,21+,22-,23-,24+/m1/s1. The molecule has 1 aliphatic heterocycles. The molecule has 0 unspecified atom stereocenters. The van der Waals surface area contributed by atoms with Gasteiger partial charge in [0.2, 0.25) is 12.1 Å². The summed E-state index contributed by atoms with van der Waals surface area (Å²) < 4.78 is 26.5. The number of anilines is 1. The molecule has 1 saturated heterocycles. The Morgan fingerprint density at radius 1 is 0.800 bits per heavy atom. The molecule has 3 amide bonds. The lowest BCUT2D eigenvalue weighted by Gasteiger charge is -2.38. The van der Waals surface area contributed by atoms with Gasteiger partial charge in [0, 0.05) is 52.3 Å². The first kappa shape index (κ1) is 32.0. The van der Waals surface area contributed by atoms with E-state index >= 15 is 0 Å². The number of hydrogen-bond acceptors (Lipinski definition) is 12. The zero-order valence-electron chi connectivity index (χ0n) is 22.6. The van der Waals surface area contributed by atoms with Gasteiger partial charge in [0.15, 0.2) is 18.3 Å². The van der Waals surface area contributed by atoms with Gasteiger partial charge < -0.3 is 23.7 Å². The van der Waals surface area contributed by atoms with E-state index in [1.165, 1.54) is 24.3 Å². The summed E-state index contributed by atoms with van der Waals surface area (Å²) in [5.41, 5.74) is 0.150. The topological polar surface area (TPSA) is 172 Å². The lowest BCUT2D eigenvalue weighted by atomic mass is 9.98. The summed E-state index contributed by atoms with van der Waals surface area (Å²) >= 11 is 5.97. The molecule has 15 heteroatoms. The maximum Gasteiger partial charge on any atom is 0.334 e. The average molecular weight is 585 g/mol. The van der Waals surface area contributed by atoms with Crippen LogP contribution in [0.15, 0.2) is 24.3 Å². The highest BCUT2D eigenvalue weighted by atomic mass is 35.5. The zero-order valence-corrected chi connectivity index (χ0v) is 23.3.